The molecule has 1 atom stereocenters. The first-order valence-electron chi connectivity index (χ1n) is 6.38. The minimum Gasteiger partial charge on any atom is -0.465 e. The van der Waals surface area contributed by atoms with Gasteiger partial charge in [-0.15, -0.1) is 0 Å². The van der Waals surface area contributed by atoms with Gasteiger partial charge < -0.3 is 23.4 Å². The smallest absolute Gasteiger partial charge is 0.356 e. The molecule has 0 spiro atoms. The highest BCUT2D eigenvalue weighted by Crippen LogP contribution is 2.47. The van der Waals surface area contributed by atoms with Gasteiger partial charge in [0.15, 0.2) is 0 Å². The molecule has 0 aromatic rings. The first-order chi connectivity index (χ1) is 9.47. The third kappa shape index (κ3) is 9.41. The van der Waals surface area contributed by atoms with Crippen LogP contribution in [0.4, 0.5) is 0 Å². The summed E-state index contributed by atoms with van der Waals surface area (Å²) in [6, 6.07) is 0. The van der Waals surface area contributed by atoms with Crippen molar-refractivity contribution in [3.63, 3.8) is 0 Å². The molecule has 0 aromatic carbocycles. The van der Waals surface area contributed by atoms with E-state index in [-0.39, 0.29) is 45.3 Å². The maximum absolute atomic E-state index is 12.1. The maximum Gasteiger partial charge on any atom is 0.356 e. The summed E-state index contributed by atoms with van der Waals surface area (Å²) in [5.41, 5.74) is 0. The van der Waals surface area contributed by atoms with Crippen molar-refractivity contribution in [2.24, 2.45) is 11.8 Å². The zero-order valence-electron chi connectivity index (χ0n) is 12.2. The Labute approximate surface area is 119 Å². The van der Waals surface area contributed by atoms with Crippen LogP contribution in [0.15, 0.2) is 0 Å². The Morgan fingerprint density at radius 1 is 1.15 bits per heavy atom. The Morgan fingerprint density at radius 3 is 2.20 bits per heavy atom. The van der Waals surface area contributed by atoms with Gasteiger partial charge in [0.05, 0.1) is 33.0 Å². The van der Waals surface area contributed by atoms with Crippen LogP contribution in [0, 0.1) is 5.92 Å². The van der Waals surface area contributed by atoms with Crippen LogP contribution in [0.5, 0.6) is 0 Å². The van der Waals surface area contributed by atoms with Crippen LogP contribution in [0.2, 0.25) is 0 Å². The monoisotopic (exact) mass is 313 g/mol. The molecule has 0 aromatic heterocycles. The van der Waals surface area contributed by atoms with Crippen LogP contribution in [-0.2, 0) is 32.7 Å². The van der Waals surface area contributed by atoms with E-state index in [0.717, 1.165) is 0 Å². The van der Waals surface area contributed by atoms with Gasteiger partial charge in [0, 0.05) is 12.8 Å². The molecule has 8 nitrogen and oxygen atoms in total. The molecular weight excluding hydrogens is 289 g/mol. The van der Waals surface area contributed by atoms with E-state index in [2.05, 4.69) is 4.84 Å². The zero-order chi connectivity index (χ0) is 15.4. The molecule has 0 radical (unpaired) electrons. The molecule has 0 aliphatic carbocycles. The van der Waals surface area contributed by atoms with Gasteiger partial charge in [-0.05, 0) is 13.8 Å². The highest BCUT2D eigenvalue weighted by molar-refractivity contribution is 7.53. The van der Waals surface area contributed by atoms with Crippen LogP contribution in [0.3, 0.4) is 0 Å². The van der Waals surface area contributed by atoms with E-state index in [9.17, 15) is 9.36 Å². The standard InChI is InChI=1S/C11H24NO7P/c1-4-18-20(14,19-5-2)9-15-6-11(8-17-12)7-16-10(3)13/h11H,4-9,12H2,1-3H3. The number of ether oxygens (including phenoxy) is 2. The predicted octanol–water partition coefficient (Wildman–Crippen LogP) is 1.30. The lowest BCUT2D eigenvalue weighted by molar-refractivity contribution is -0.143. The fraction of sp³-hybridized carbons (Fsp3) is 0.909. The van der Waals surface area contributed by atoms with Crippen LogP contribution < -0.4 is 5.90 Å². The van der Waals surface area contributed by atoms with Gasteiger partial charge in [0.1, 0.15) is 6.35 Å². The minimum atomic E-state index is -3.23. The van der Waals surface area contributed by atoms with Crippen molar-refractivity contribution < 1.29 is 32.7 Å². The number of hydrogen-bond donors (Lipinski definition) is 1. The number of nitrogens with two attached hydrogens (primary N) is 1. The molecule has 0 heterocycles. The maximum atomic E-state index is 12.1. The lowest BCUT2D eigenvalue weighted by Gasteiger charge is -2.19. The van der Waals surface area contributed by atoms with Gasteiger partial charge in [-0.2, -0.15) is 0 Å². The van der Waals surface area contributed by atoms with E-state index in [1.165, 1.54) is 6.92 Å². The molecular formula is C11H24NO7P. The Hall–Kier alpha value is -0.500. The molecule has 0 rings (SSSR count). The van der Waals surface area contributed by atoms with Crippen LogP contribution in [0.1, 0.15) is 20.8 Å². The molecule has 120 valence electrons. The first kappa shape index (κ1) is 19.5. The van der Waals surface area contributed by atoms with Gasteiger partial charge in [0.2, 0.25) is 0 Å². The van der Waals surface area contributed by atoms with Crippen molar-refractivity contribution >= 4 is 13.6 Å². The van der Waals surface area contributed by atoms with E-state index < -0.39 is 13.6 Å². The molecule has 0 saturated carbocycles. The fourth-order valence-electron chi connectivity index (χ4n) is 1.35. The number of rotatable bonds is 12. The van der Waals surface area contributed by atoms with Crippen LogP contribution in [-0.4, -0.2) is 45.4 Å². The molecule has 0 saturated heterocycles. The quantitative estimate of drug-likeness (QED) is 0.326. The van der Waals surface area contributed by atoms with E-state index in [1.54, 1.807) is 13.8 Å². The van der Waals surface area contributed by atoms with Crippen LogP contribution in [0.25, 0.3) is 0 Å². The number of hydrogen-bond acceptors (Lipinski definition) is 8. The fourth-order valence-corrected chi connectivity index (χ4v) is 2.69. The molecule has 0 aliphatic rings. The predicted molar refractivity (Wildman–Crippen MR) is 71.9 cm³/mol. The second kappa shape index (κ2) is 11.2. The number of carbonyl (C=O) groups excluding carboxylic acids is 1. The molecule has 1 unspecified atom stereocenters. The van der Waals surface area contributed by atoms with Crippen molar-refractivity contribution in [2.45, 2.75) is 20.8 Å². The van der Waals surface area contributed by atoms with Gasteiger partial charge >= 0.3 is 13.6 Å². The summed E-state index contributed by atoms with van der Waals surface area (Å²) in [6.45, 7) is 5.71. The van der Waals surface area contributed by atoms with E-state index in [4.69, 9.17) is 24.4 Å². The minimum absolute atomic E-state index is 0.111. The Morgan fingerprint density at radius 2 is 1.75 bits per heavy atom. The molecule has 20 heavy (non-hydrogen) atoms. The first-order valence-corrected chi connectivity index (χ1v) is 8.11. The average Bonchev–Trinajstić information content (AvgIpc) is 2.36. The second-order valence-corrected chi connectivity index (χ2v) is 5.94. The lowest BCUT2D eigenvalue weighted by atomic mass is 10.2. The van der Waals surface area contributed by atoms with Crippen LogP contribution >= 0.6 is 7.60 Å². The van der Waals surface area contributed by atoms with Crippen molar-refractivity contribution in [1.29, 1.82) is 0 Å². The summed E-state index contributed by atoms with van der Waals surface area (Å²) in [4.78, 5) is 15.2. The highest BCUT2D eigenvalue weighted by Gasteiger charge is 2.24. The SMILES string of the molecule is CCOP(=O)(COCC(CON)COC(C)=O)OCC. The third-order valence-corrected chi connectivity index (χ3v) is 3.91. The number of esters is 1. The van der Waals surface area contributed by atoms with Crippen molar-refractivity contribution in [2.75, 3.05) is 39.4 Å². The van der Waals surface area contributed by atoms with E-state index >= 15 is 0 Å². The molecule has 2 N–H and O–H groups in total. The average molecular weight is 313 g/mol. The summed E-state index contributed by atoms with van der Waals surface area (Å²) in [6.07, 6.45) is -0.171. The summed E-state index contributed by atoms with van der Waals surface area (Å²) in [5.74, 6) is 4.34. The second-order valence-electron chi connectivity index (χ2n) is 3.95. The van der Waals surface area contributed by atoms with Gasteiger partial charge in [-0.3, -0.25) is 9.36 Å². The largest absolute Gasteiger partial charge is 0.465 e. The molecule has 0 bridgehead atoms. The summed E-state index contributed by atoms with van der Waals surface area (Å²) >= 11 is 0. The summed E-state index contributed by atoms with van der Waals surface area (Å²) < 4.78 is 32.4. The van der Waals surface area contributed by atoms with E-state index in [1.807, 2.05) is 0 Å². The molecule has 0 fully saturated rings. The summed E-state index contributed by atoms with van der Waals surface area (Å²) in [5, 5.41) is 0. The van der Waals surface area contributed by atoms with E-state index in [0.29, 0.717) is 0 Å². The molecule has 0 amide bonds. The van der Waals surface area contributed by atoms with Gasteiger partial charge in [-0.1, -0.05) is 0 Å². The third-order valence-electron chi connectivity index (χ3n) is 2.11. The zero-order valence-corrected chi connectivity index (χ0v) is 13.1. The Bertz CT molecular complexity index is 303. The molecule has 9 heteroatoms. The summed E-state index contributed by atoms with van der Waals surface area (Å²) in [7, 11) is -3.23. The van der Waals surface area contributed by atoms with Crippen molar-refractivity contribution in [3.05, 3.63) is 0 Å². The van der Waals surface area contributed by atoms with Crippen molar-refractivity contribution in [3.8, 4) is 0 Å². The normalized spacial score (nSPS) is 13.2. The lowest BCUT2D eigenvalue weighted by Crippen LogP contribution is -2.25. The van der Waals surface area contributed by atoms with Gasteiger partial charge in [0.25, 0.3) is 0 Å². The van der Waals surface area contributed by atoms with Gasteiger partial charge in [-0.25, -0.2) is 5.90 Å². The topological polar surface area (TPSA) is 106 Å². The number of carbonyl (C=O) groups is 1. The Balaban J connectivity index is 4.18. The van der Waals surface area contributed by atoms with Crippen molar-refractivity contribution in [1.82, 2.24) is 0 Å². The molecule has 0 aliphatic heterocycles. The highest BCUT2D eigenvalue weighted by atomic mass is 31.2. The Kier molecular flexibility index (Phi) is 10.9.